The fourth-order valence-corrected chi connectivity index (χ4v) is 1.59. The molecule has 1 aromatic heterocycles. The number of pyridine rings is 1. The normalized spacial score (nSPS) is 13.2. The summed E-state index contributed by atoms with van der Waals surface area (Å²) in [6.45, 7) is 5.39. The van der Waals surface area contributed by atoms with Crippen LogP contribution in [0.25, 0.3) is 0 Å². The van der Waals surface area contributed by atoms with E-state index in [0.717, 1.165) is 11.7 Å². The van der Waals surface area contributed by atoms with Gasteiger partial charge in [0.1, 0.15) is 0 Å². The molecule has 5 nitrogen and oxygen atoms in total. The number of aliphatic imine (C=N–C) groups is 1. The van der Waals surface area contributed by atoms with Gasteiger partial charge in [-0.1, -0.05) is 6.07 Å². The van der Waals surface area contributed by atoms with Gasteiger partial charge in [0.25, 0.3) is 0 Å². The van der Waals surface area contributed by atoms with Crippen LogP contribution in [0.5, 0.6) is 0 Å². The highest BCUT2D eigenvalue weighted by Crippen LogP contribution is 2.01. The van der Waals surface area contributed by atoms with Crippen LogP contribution >= 0.6 is 0 Å². The third kappa shape index (κ3) is 4.71. The van der Waals surface area contributed by atoms with E-state index in [1.54, 1.807) is 20.4 Å². The maximum absolute atomic E-state index is 5.07. The minimum Gasteiger partial charge on any atom is -0.383 e. The van der Waals surface area contributed by atoms with Crippen LogP contribution in [-0.2, 0) is 11.3 Å². The summed E-state index contributed by atoms with van der Waals surface area (Å²) in [6, 6.07) is 4.20. The molecule has 18 heavy (non-hydrogen) atoms. The first-order chi connectivity index (χ1) is 8.67. The summed E-state index contributed by atoms with van der Waals surface area (Å²) >= 11 is 0. The van der Waals surface area contributed by atoms with Gasteiger partial charge in [-0.15, -0.1) is 0 Å². The number of nitrogens with zero attached hydrogens (tertiary/aromatic N) is 2. The number of aryl methyl sites for hydroxylation is 1. The van der Waals surface area contributed by atoms with Gasteiger partial charge in [-0.2, -0.15) is 0 Å². The molecule has 0 amide bonds. The predicted molar refractivity (Wildman–Crippen MR) is 73.6 cm³/mol. The first kappa shape index (κ1) is 14.4. The molecule has 1 rings (SSSR count). The summed E-state index contributed by atoms with van der Waals surface area (Å²) in [5.74, 6) is 0.754. The Balaban J connectivity index is 2.48. The zero-order chi connectivity index (χ0) is 13.4. The van der Waals surface area contributed by atoms with Crippen LogP contribution in [0.1, 0.15) is 18.2 Å². The Hall–Kier alpha value is -1.62. The van der Waals surface area contributed by atoms with Gasteiger partial charge in [-0.05, 0) is 25.5 Å². The third-order valence-corrected chi connectivity index (χ3v) is 2.56. The number of methoxy groups -OCH3 is 1. The number of rotatable bonds is 5. The molecule has 1 heterocycles. The smallest absolute Gasteiger partial charge is 0.191 e. The minimum atomic E-state index is 0.214. The molecule has 100 valence electrons. The van der Waals surface area contributed by atoms with Gasteiger partial charge < -0.3 is 15.4 Å². The van der Waals surface area contributed by atoms with Crippen molar-refractivity contribution >= 4 is 5.96 Å². The Morgan fingerprint density at radius 1 is 1.56 bits per heavy atom. The van der Waals surface area contributed by atoms with Crippen molar-refractivity contribution in [3.8, 4) is 0 Å². The van der Waals surface area contributed by atoms with E-state index < -0.39 is 0 Å². The number of hydrogen-bond acceptors (Lipinski definition) is 3. The van der Waals surface area contributed by atoms with Crippen LogP contribution in [0.2, 0.25) is 0 Å². The lowest BCUT2D eigenvalue weighted by molar-refractivity contribution is 0.179. The molecule has 0 saturated carbocycles. The third-order valence-electron chi connectivity index (χ3n) is 2.56. The van der Waals surface area contributed by atoms with E-state index in [9.17, 15) is 0 Å². The van der Waals surface area contributed by atoms with E-state index in [4.69, 9.17) is 4.74 Å². The van der Waals surface area contributed by atoms with Crippen molar-refractivity contribution in [3.63, 3.8) is 0 Å². The van der Waals surface area contributed by atoms with Crippen LogP contribution in [-0.4, -0.2) is 37.7 Å². The van der Waals surface area contributed by atoms with Gasteiger partial charge in [0.15, 0.2) is 5.96 Å². The Kier molecular flexibility index (Phi) is 6.14. The second-order valence-corrected chi connectivity index (χ2v) is 4.19. The molecule has 1 unspecified atom stereocenters. The summed E-state index contributed by atoms with van der Waals surface area (Å²) in [5, 5.41) is 6.48. The molecule has 0 aliphatic rings. The Morgan fingerprint density at radius 3 is 2.94 bits per heavy atom. The maximum Gasteiger partial charge on any atom is 0.191 e. The molecule has 0 fully saturated rings. The van der Waals surface area contributed by atoms with E-state index in [1.165, 1.54) is 5.56 Å². The van der Waals surface area contributed by atoms with Crippen LogP contribution < -0.4 is 10.6 Å². The van der Waals surface area contributed by atoms with Crippen LogP contribution in [0.4, 0.5) is 0 Å². The number of ether oxygens (including phenoxy) is 1. The largest absolute Gasteiger partial charge is 0.383 e. The van der Waals surface area contributed by atoms with Gasteiger partial charge in [-0.3, -0.25) is 9.98 Å². The molecule has 0 radical (unpaired) electrons. The van der Waals surface area contributed by atoms with E-state index in [0.29, 0.717) is 13.2 Å². The summed E-state index contributed by atoms with van der Waals surface area (Å²) in [7, 11) is 3.44. The van der Waals surface area contributed by atoms with Crippen LogP contribution in [0.15, 0.2) is 23.3 Å². The molecule has 2 N–H and O–H groups in total. The minimum absolute atomic E-state index is 0.214. The second kappa shape index (κ2) is 7.66. The molecule has 0 spiro atoms. The van der Waals surface area contributed by atoms with Crippen molar-refractivity contribution in [2.45, 2.75) is 26.4 Å². The molecular formula is C13H22N4O. The zero-order valence-electron chi connectivity index (χ0n) is 11.5. The average molecular weight is 250 g/mol. The molecule has 1 atom stereocenters. The molecule has 0 bridgehead atoms. The molecule has 0 saturated heterocycles. The van der Waals surface area contributed by atoms with Gasteiger partial charge in [-0.25, -0.2) is 0 Å². The number of aromatic nitrogens is 1. The first-order valence-corrected chi connectivity index (χ1v) is 6.04. The Labute approximate surface area is 109 Å². The standard InChI is InChI=1S/C13H22N4O/c1-10-6-5-7-15-12(10)8-16-13(14-3)17-11(2)9-18-4/h5-7,11H,8-9H2,1-4H3,(H2,14,16,17). The SMILES string of the molecule is CN=C(NCc1ncccc1C)NC(C)COC. The second-order valence-electron chi connectivity index (χ2n) is 4.19. The van der Waals surface area contributed by atoms with Crippen molar-refractivity contribution < 1.29 is 4.74 Å². The van der Waals surface area contributed by atoms with Gasteiger partial charge in [0, 0.05) is 26.4 Å². The monoisotopic (exact) mass is 250 g/mol. The molecule has 0 aliphatic heterocycles. The molecular weight excluding hydrogens is 228 g/mol. The van der Waals surface area contributed by atoms with Crippen molar-refractivity contribution in [2.24, 2.45) is 4.99 Å². The molecule has 1 aromatic rings. The predicted octanol–water partition coefficient (Wildman–Crippen LogP) is 1.09. The molecule has 0 aromatic carbocycles. The fraction of sp³-hybridized carbons (Fsp3) is 0.538. The topological polar surface area (TPSA) is 58.5 Å². The lowest BCUT2D eigenvalue weighted by atomic mass is 10.2. The lowest BCUT2D eigenvalue weighted by Gasteiger charge is -2.17. The quantitative estimate of drug-likeness (QED) is 0.607. The summed E-state index contributed by atoms with van der Waals surface area (Å²) in [4.78, 5) is 8.50. The summed E-state index contributed by atoms with van der Waals surface area (Å²) in [5.41, 5.74) is 2.20. The highest BCUT2D eigenvalue weighted by atomic mass is 16.5. The van der Waals surface area contributed by atoms with Crippen molar-refractivity contribution in [1.82, 2.24) is 15.6 Å². The first-order valence-electron chi connectivity index (χ1n) is 6.04. The number of nitrogens with one attached hydrogen (secondary N) is 2. The van der Waals surface area contributed by atoms with Crippen LogP contribution in [0.3, 0.4) is 0 Å². The van der Waals surface area contributed by atoms with E-state index in [1.807, 2.05) is 26.0 Å². The fourth-order valence-electron chi connectivity index (χ4n) is 1.59. The number of hydrogen-bond donors (Lipinski definition) is 2. The van der Waals surface area contributed by atoms with Crippen LogP contribution in [0, 0.1) is 6.92 Å². The van der Waals surface area contributed by atoms with Crippen molar-refractivity contribution in [3.05, 3.63) is 29.6 Å². The Morgan fingerprint density at radius 2 is 2.33 bits per heavy atom. The maximum atomic E-state index is 5.07. The van der Waals surface area contributed by atoms with Crippen molar-refractivity contribution in [2.75, 3.05) is 20.8 Å². The van der Waals surface area contributed by atoms with Gasteiger partial charge in [0.2, 0.25) is 0 Å². The zero-order valence-corrected chi connectivity index (χ0v) is 11.5. The van der Waals surface area contributed by atoms with E-state index >= 15 is 0 Å². The highest BCUT2D eigenvalue weighted by molar-refractivity contribution is 5.79. The number of guanidine groups is 1. The van der Waals surface area contributed by atoms with Crippen molar-refractivity contribution in [1.29, 1.82) is 0 Å². The summed E-state index contributed by atoms with van der Waals surface area (Å²) < 4.78 is 5.07. The van der Waals surface area contributed by atoms with Gasteiger partial charge >= 0.3 is 0 Å². The highest BCUT2D eigenvalue weighted by Gasteiger charge is 2.05. The Bertz CT molecular complexity index is 392. The molecule has 0 aliphatic carbocycles. The molecule has 5 heteroatoms. The lowest BCUT2D eigenvalue weighted by Crippen LogP contribution is -2.43. The summed E-state index contributed by atoms with van der Waals surface area (Å²) in [6.07, 6.45) is 1.80. The van der Waals surface area contributed by atoms with E-state index in [-0.39, 0.29) is 6.04 Å². The average Bonchev–Trinajstić information content (AvgIpc) is 2.36. The van der Waals surface area contributed by atoms with E-state index in [2.05, 4.69) is 20.6 Å². The van der Waals surface area contributed by atoms with Gasteiger partial charge in [0.05, 0.1) is 18.8 Å².